The quantitative estimate of drug-likeness (QED) is 0.558. The number of aromatic nitrogens is 1. The van der Waals surface area contributed by atoms with Crippen molar-refractivity contribution in [3.8, 4) is 11.3 Å². The average Bonchev–Trinajstić information content (AvgIpc) is 3.17. The van der Waals surface area contributed by atoms with Gasteiger partial charge in [-0.3, -0.25) is 0 Å². The van der Waals surface area contributed by atoms with Crippen molar-refractivity contribution < 1.29 is 8.78 Å². The maximum atomic E-state index is 13.8. The van der Waals surface area contributed by atoms with Crippen LogP contribution in [0.5, 0.6) is 0 Å². The van der Waals surface area contributed by atoms with Crippen LogP contribution in [0.3, 0.4) is 0 Å². The third kappa shape index (κ3) is 3.32. The number of hydrogen-bond donors (Lipinski definition) is 1. The van der Waals surface area contributed by atoms with E-state index in [1.54, 1.807) is 11.8 Å². The van der Waals surface area contributed by atoms with Crippen molar-refractivity contribution in [2.45, 2.75) is 31.1 Å². The Kier molecular flexibility index (Phi) is 4.43. The maximum Gasteiger partial charge on any atom is 0.266 e. The number of halogens is 2. The van der Waals surface area contributed by atoms with Crippen molar-refractivity contribution in [3.63, 3.8) is 0 Å². The van der Waals surface area contributed by atoms with Gasteiger partial charge in [-0.15, -0.1) is 11.8 Å². The fourth-order valence-electron chi connectivity index (χ4n) is 3.59. The van der Waals surface area contributed by atoms with Gasteiger partial charge in [0.25, 0.3) is 5.92 Å². The minimum Gasteiger partial charge on any atom is -0.365 e. The molecule has 0 amide bonds. The van der Waals surface area contributed by atoms with Crippen molar-refractivity contribution in [2.24, 2.45) is 0 Å². The number of H-pyrrole nitrogens is 1. The van der Waals surface area contributed by atoms with E-state index < -0.39 is 5.92 Å². The second-order valence-corrected chi connectivity index (χ2v) is 8.25. The van der Waals surface area contributed by atoms with Crippen LogP contribution in [0.4, 0.5) is 14.5 Å². The first kappa shape index (κ1) is 17.4. The molecule has 0 spiro atoms. The summed E-state index contributed by atoms with van der Waals surface area (Å²) in [5.41, 5.74) is 5.13. The Morgan fingerprint density at radius 1 is 1.15 bits per heavy atom. The summed E-state index contributed by atoms with van der Waals surface area (Å²) in [4.78, 5) is 6.45. The standard InChI is InChI=1S/C21H22F2N2S/c1-3-26-16-6-7-20(25-9-8-21(22,23)13-25)17(12-16)19-11-15-5-4-14(2)10-18(15)24-19/h4-7,10-12,24H,3,8-9,13H2,1-2H3. The highest BCUT2D eigenvalue weighted by Crippen LogP contribution is 2.39. The van der Waals surface area contributed by atoms with E-state index in [-0.39, 0.29) is 13.0 Å². The monoisotopic (exact) mass is 372 g/mol. The molecule has 1 aliphatic rings. The van der Waals surface area contributed by atoms with E-state index in [1.807, 2.05) is 17.0 Å². The summed E-state index contributed by atoms with van der Waals surface area (Å²) in [6.07, 6.45) is -0.0796. The number of anilines is 1. The molecule has 3 aromatic rings. The molecule has 0 saturated carbocycles. The maximum absolute atomic E-state index is 13.8. The second-order valence-electron chi connectivity index (χ2n) is 6.91. The van der Waals surface area contributed by atoms with E-state index in [0.29, 0.717) is 6.54 Å². The van der Waals surface area contributed by atoms with Gasteiger partial charge in [-0.25, -0.2) is 8.78 Å². The van der Waals surface area contributed by atoms with Crippen molar-refractivity contribution in [1.82, 2.24) is 4.98 Å². The normalized spacial score (nSPS) is 16.5. The van der Waals surface area contributed by atoms with Crippen LogP contribution in [-0.2, 0) is 0 Å². The highest BCUT2D eigenvalue weighted by Gasteiger charge is 2.39. The van der Waals surface area contributed by atoms with Crippen LogP contribution in [0.15, 0.2) is 47.4 Å². The van der Waals surface area contributed by atoms with Gasteiger partial charge in [0.2, 0.25) is 0 Å². The predicted molar refractivity (Wildman–Crippen MR) is 107 cm³/mol. The Morgan fingerprint density at radius 2 is 2.00 bits per heavy atom. The third-order valence-electron chi connectivity index (χ3n) is 4.86. The Morgan fingerprint density at radius 3 is 2.73 bits per heavy atom. The van der Waals surface area contributed by atoms with E-state index >= 15 is 0 Å². The Balaban J connectivity index is 1.82. The molecule has 2 nitrogen and oxygen atoms in total. The predicted octanol–water partition coefficient (Wildman–Crippen LogP) is 6.10. The van der Waals surface area contributed by atoms with Gasteiger partial charge in [-0.1, -0.05) is 19.1 Å². The number of nitrogens with zero attached hydrogens (tertiary/aromatic N) is 1. The lowest BCUT2D eigenvalue weighted by molar-refractivity contribution is 0.0257. The number of aryl methyl sites for hydroxylation is 1. The molecule has 26 heavy (non-hydrogen) atoms. The number of fused-ring (bicyclic) bond motifs is 1. The molecule has 1 fully saturated rings. The molecule has 0 atom stereocenters. The van der Waals surface area contributed by atoms with Gasteiger partial charge in [0.15, 0.2) is 0 Å². The Hall–Kier alpha value is -2.01. The van der Waals surface area contributed by atoms with Gasteiger partial charge >= 0.3 is 0 Å². The molecule has 136 valence electrons. The molecule has 5 heteroatoms. The lowest BCUT2D eigenvalue weighted by Crippen LogP contribution is -2.25. The van der Waals surface area contributed by atoms with Gasteiger partial charge in [-0.2, -0.15) is 0 Å². The van der Waals surface area contributed by atoms with Gasteiger partial charge in [-0.05, 0) is 48.6 Å². The van der Waals surface area contributed by atoms with Gasteiger partial charge < -0.3 is 9.88 Å². The lowest BCUT2D eigenvalue weighted by atomic mass is 10.1. The molecule has 1 saturated heterocycles. The van der Waals surface area contributed by atoms with Crippen LogP contribution < -0.4 is 4.90 Å². The lowest BCUT2D eigenvalue weighted by Gasteiger charge is -2.22. The summed E-state index contributed by atoms with van der Waals surface area (Å²) >= 11 is 1.76. The highest BCUT2D eigenvalue weighted by atomic mass is 32.2. The number of nitrogens with one attached hydrogen (secondary N) is 1. The summed E-state index contributed by atoms with van der Waals surface area (Å²) in [7, 11) is 0. The van der Waals surface area contributed by atoms with Crippen molar-refractivity contribution in [2.75, 3.05) is 23.7 Å². The van der Waals surface area contributed by atoms with Crippen LogP contribution in [0.2, 0.25) is 0 Å². The van der Waals surface area contributed by atoms with E-state index in [1.165, 1.54) is 5.56 Å². The summed E-state index contributed by atoms with van der Waals surface area (Å²) in [6.45, 7) is 4.36. The average molecular weight is 372 g/mol. The van der Waals surface area contributed by atoms with E-state index in [2.05, 4.69) is 49.2 Å². The smallest absolute Gasteiger partial charge is 0.266 e. The molecule has 2 aromatic carbocycles. The fourth-order valence-corrected chi connectivity index (χ4v) is 4.29. The van der Waals surface area contributed by atoms with Gasteiger partial charge in [0.05, 0.1) is 6.54 Å². The molecule has 0 bridgehead atoms. The molecule has 0 aliphatic carbocycles. The first-order chi connectivity index (χ1) is 12.4. The zero-order chi connectivity index (χ0) is 18.3. The fraction of sp³-hybridized carbons (Fsp3) is 0.333. The topological polar surface area (TPSA) is 19.0 Å². The largest absolute Gasteiger partial charge is 0.365 e. The molecule has 1 N–H and O–H groups in total. The number of rotatable bonds is 4. The summed E-state index contributed by atoms with van der Waals surface area (Å²) in [6, 6.07) is 14.6. The van der Waals surface area contributed by atoms with Crippen LogP contribution >= 0.6 is 11.8 Å². The van der Waals surface area contributed by atoms with E-state index in [0.717, 1.165) is 38.5 Å². The zero-order valence-electron chi connectivity index (χ0n) is 15.0. The third-order valence-corrected chi connectivity index (χ3v) is 5.73. The minimum atomic E-state index is -2.61. The summed E-state index contributed by atoms with van der Waals surface area (Å²) in [5, 5.41) is 1.14. The number of aromatic amines is 1. The molecule has 1 aliphatic heterocycles. The van der Waals surface area contributed by atoms with Crippen LogP contribution in [-0.4, -0.2) is 29.7 Å². The molecule has 0 radical (unpaired) electrons. The van der Waals surface area contributed by atoms with Crippen LogP contribution in [0.25, 0.3) is 22.2 Å². The van der Waals surface area contributed by atoms with Crippen molar-refractivity contribution in [1.29, 1.82) is 0 Å². The number of thioether (sulfide) groups is 1. The minimum absolute atomic E-state index is 0.0796. The number of benzene rings is 2. The number of alkyl halides is 2. The van der Waals surface area contributed by atoms with Gasteiger partial charge in [0, 0.05) is 45.7 Å². The second kappa shape index (κ2) is 6.62. The molecule has 4 rings (SSSR count). The first-order valence-corrected chi connectivity index (χ1v) is 9.93. The molecular weight excluding hydrogens is 350 g/mol. The Bertz CT molecular complexity index is 948. The Labute approximate surface area is 156 Å². The SMILES string of the molecule is CCSc1ccc(N2CCC(F)(F)C2)c(-c2cc3ccc(C)cc3[nH]2)c1. The van der Waals surface area contributed by atoms with Crippen molar-refractivity contribution in [3.05, 3.63) is 48.0 Å². The van der Waals surface area contributed by atoms with E-state index in [4.69, 9.17) is 0 Å². The zero-order valence-corrected chi connectivity index (χ0v) is 15.8. The van der Waals surface area contributed by atoms with E-state index in [9.17, 15) is 8.78 Å². The molecule has 2 heterocycles. The molecular formula is C21H22F2N2S. The van der Waals surface area contributed by atoms with Gasteiger partial charge in [0.1, 0.15) is 0 Å². The van der Waals surface area contributed by atoms with Crippen LogP contribution in [0.1, 0.15) is 18.9 Å². The summed E-state index contributed by atoms with van der Waals surface area (Å²) < 4.78 is 27.5. The molecule has 0 unspecified atom stereocenters. The van der Waals surface area contributed by atoms with Crippen molar-refractivity contribution >= 4 is 28.4 Å². The number of hydrogen-bond acceptors (Lipinski definition) is 2. The highest BCUT2D eigenvalue weighted by molar-refractivity contribution is 7.99. The first-order valence-electron chi connectivity index (χ1n) is 8.94. The summed E-state index contributed by atoms with van der Waals surface area (Å²) in [5.74, 6) is -1.63. The molecule has 1 aromatic heterocycles. The van der Waals surface area contributed by atoms with Crippen LogP contribution in [0, 0.1) is 6.92 Å².